The maximum atomic E-state index is 11.8. The molecule has 7 nitrogen and oxygen atoms in total. The number of carbonyl (C=O) groups excluding carboxylic acids is 2. The van der Waals surface area contributed by atoms with Gasteiger partial charge in [-0.2, -0.15) is 5.10 Å². The van der Waals surface area contributed by atoms with Crippen LogP contribution < -0.4 is 10.6 Å². The lowest BCUT2D eigenvalue weighted by Gasteiger charge is -2.06. The Hall–Kier alpha value is -1.89. The summed E-state index contributed by atoms with van der Waals surface area (Å²) in [4.78, 5) is 22.8. The number of hydrogen-bond acceptors (Lipinski definition) is 4. The Morgan fingerprint density at radius 1 is 1.72 bits per heavy atom. The number of carbonyl (C=O) groups is 2. The second-order valence-corrected chi connectivity index (χ2v) is 4.18. The lowest BCUT2D eigenvalue weighted by Crippen LogP contribution is -2.24. The van der Waals surface area contributed by atoms with Gasteiger partial charge in [-0.05, 0) is 0 Å². The van der Waals surface area contributed by atoms with Crippen LogP contribution in [-0.4, -0.2) is 41.9 Å². The Balaban J connectivity index is 1.87. The molecule has 1 unspecified atom stereocenters. The van der Waals surface area contributed by atoms with Crippen molar-refractivity contribution in [3.63, 3.8) is 0 Å². The molecule has 18 heavy (non-hydrogen) atoms. The van der Waals surface area contributed by atoms with E-state index in [0.29, 0.717) is 25.4 Å². The fourth-order valence-electron chi connectivity index (χ4n) is 1.77. The van der Waals surface area contributed by atoms with E-state index in [1.165, 1.54) is 0 Å². The average molecular weight is 252 g/mol. The van der Waals surface area contributed by atoms with E-state index in [-0.39, 0.29) is 24.2 Å². The van der Waals surface area contributed by atoms with E-state index in [0.717, 1.165) is 0 Å². The van der Waals surface area contributed by atoms with Gasteiger partial charge in [-0.1, -0.05) is 0 Å². The van der Waals surface area contributed by atoms with Crippen LogP contribution in [0.1, 0.15) is 6.42 Å². The van der Waals surface area contributed by atoms with Crippen molar-refractivity contribution >= 4 is 17.5 Å². The minimum absolute atomic E-state index is 0.0778. The number of amides is 2. The van der Waals surface area contributed by atoms with Crippen molar-refractivity contribution in [1.82, 2.24) is 15.1 Å². The Kier molecular flexibility index (Phi) is 3.93. The third kappa shape index (κ3) is 3.07. The Labute approximate surface area is 104 Å². The molecule has 0 bridgehead atoms. The fraction of sp³-hybridized carbons (Fsp3) is 0.545. The summed E-state index contributed by atoms with van der Waals surface area (Å²) in [6.45, 7) is 1.61. The first-order chi connectivity index (χ1) is 8.69. The highest BCUT2D eigenvalue weighted by molar-refractivity contribution is 5.96. The van der Waals surface area contributed by atoms with Crippen LogP contribution in [-0.2, 0) is 20.9 Å². The van der Waals surface area contributed by atoms with Gasteiger partial charge < -0.3 is 15.4 Å². The second kappa shape index (κ2) is 5.63. The normalized spacial score (nSPS) is 18.7. The second-order valence-electron chi connectivity index (χ2n) is 4.18. The number of anilines is 1. The van der Waals surface area contributed by atoms with Crippen molar-refractivity contribution in [1.29, 1.82) is 0 Å². The minimum atomic E-state index is -0.292. The van der Waals surface area contributed by atoms with Crippen molar-refractivity contribution in [2.24, 2.45) is 5.92 Å². The van der Waals surface area contributed by atoms with Gasteiger partial charge in [0.2, 0.25) is 11.8 Å². The predicted octanol–water partition coefficient (Wildman–Crippen LogP) is -0.396. The van der Waals surface area contributed by atoms with E-state index in [2.05, 4.69) is 15.7 Å². The summed E-state index contributed by atoms with van der Waals surface area (Å²) in [5.74, 6) is -0.523. The maximum Gasteiger partial charge on any atom is 0.229 e. The molecule has 0 spiro atoms. The van der Waals surface area contributed by atoms with E-state index in [9.17, 15) is 9.59 Å². The van der Waals surface area contributed by atoms with E-state index in [1.54, 1.807) is 24.2 Å². The standard InChI is InChI=1S/C11H16N4O3/c1-18-3-2-15-7-9(6-13-15)14-11(17)8-4-10(16)12-5-8/h6-8H,2-5H2,1H3,(H,12,16)(H,14,17). The molecule has 2 heterocycles. The van der Waals surface area contributed by atoms with Crippen molar-refractivity contribution in [3.05, 3.63) is 12.4 Å². The zero-order valence-electron chi connectivity index (χ0n) is 10.2. The van der Waals surface area contributed by atoms with Gasteiger partial charge in [0.05, 0.1) is 31.0 Å². The first kappa shape index (κ1) is 12.6. The van der Waals surface area contributed by atoms with Gasteiger partial charge in [0.25, 0.3) is 0 Å². The average Bonchev–Trinajstić information content (AvgIpc) is 2.96. The minimum Gasteiger partial charge on any atom is -0.383 e. The molecule has 7 heteroatoms. The molecule has 98 valence electrons. The molecule has 1 aromatic rings. The van der Waals surface area contributed by atoms with Crippen molar-refractivity contribution in [2.45, 2.75) is 13.0 Å². The molecule has 0 radical (unpaired) electrons. The molecule has 0 aromatic carbocycles. The lowest BCUT2D eigenvalue weighted by molar-refractivity contribution is -0.123. The summed E-state index contributed by atoms with van der Waals surface area (Å²) in [5.41, 5.74) is 0.635. The quantitative estimate of drug-likeness (QED) is 0.747. The van der Waals surface area contributed by atoms with E-state index >= 15 is 0 Å². The van der Waals surface area contributed by atoms with Crippen LogP contribution in [0.25, 0.3) is 0 Å². The molecule has 1 aromatic heterocycles. The molecule has 2 rings (SSSR count). The summed E-state index contributed by atoms with van der Waals surface area (Å²) in [6, 6.07) is 0. The Morgan fingerprint density at radius 2 is 2.56 bits per heavy atom. The molecule has 1 aliphatic rings. The van der Waals surface area contributed by atoms with E-state index in [4.69, 9.17) is 4.74 Å². The van der Waals surface area contributed by atoms with Crippen LogP contribution in [0, 0.1) is 5.92 Å². The van der Waals surface area contributed by atoms with Crippen molar-refractivity contribution < 1.29 is 14.3 Å². The van der Waals surface area contributed by atoms with Gasteiger partial charge in [-0.3, -0.25) is 14.3 Å². The molecule has 2 N–H and O–H groups in total. The third-order valence-corrected chi connectivity index (χ3v) is 2.77. The highest BCUT2D eigenvalue weighted by atomic mass is 16.5. The number of rotatable bonds is 5. The molecular weight excluding hydrogens is 236 g/mol. The molecule has 2 amide bonds. The molecule has 0 aliphatic carbocycles. The van der Waals surface area contributed by atoms with Gasteiger partial charge >= 0.3 is 0 Å². The third-order valence-electron chi connectivity index (χ3n) is 2.77. The summed E-state index contributed by atoms with van der Waals surface area (Å²) < 4.78 is 6.63. The summed E-state index contributed by atoms with van der Waals surface area (Å²) in [7, 11) is 1.62. The fourth-order valence-corrected chi connectivity index (χ4v) is 1.77. The predicted molar refractivity (Wildman–Crippen MR) is 63.8 cm³/mol. The molecule has 0 saturated carbocycles. The van der Waals surface area contributed by atoms with Gasteiger partial charge in [0.1, 0.15) is 0 Å². The lowest BCUT2D eigenvalue weighted by atomic mass is 10.1. The largest absolute Gasteiger partial charge is 0.383 e. The number of nitrogens with zero attached hydrogens (tertiary/aromatic N) is 2. The summed E-state index contributed by atoms with van der Waals surface area (Å²) in [5, 5.41) is 9.47. The molecule has 1 fully saturated rings. The number of nitrogens with one attached hydrogen (secondary N) is 2. The topological polar surface area (TPSA) is 85.2 Å². The molecule has 1 aliphatic heterocycles. The van der Waals surface area contributed by atoms with E-state index in [1.807, 2.05) is 0 Å². The van der Waals surface area contributed by atoms with Gasteiger partial charge in [-0.25, -0.2) is 0 Å². The van der Waals surface area contributed by atoms with Crippen LogP contribution in [0.3, 0.4) is 0 Å². The summed E-state index contributed by atoms with van der Waals surface area (Å²) >= 11 is 0. The summed E-state index contributed by atoms with van der Waals surface area (Å²) in [6.07, 6.45) is 3.57. The number of aromatic nitrogens is 2. The Morgan fingerprint density at radius 3 is 3.22 bits per heavy atom. The molecular formula is C11H16N4O3. The molecule has 1 saturated heterocycles. The van der Waals surface area contributed by atoms with Crippen LogP contribution in [0.15, 0.2) is 12.4 Å². The van der Waals surface area contributed by atoms with Gasteiger partial charge in [0, 0.05) is 26.3 Å². The monoisotopic (exact) mass is 252 g/mol. The number of ether oxygens (including phenoxy) is 1. The van der Waals surface area contributed by atoms with Crippen LogP contribution in [0.5, 0.6) is 0 Å². The maximum absolute atomic E-state index is 11.8. The van der Waals surface area contributed by atoms with Gasteiger partial charge in [-0.15, -0.1) is 0 Å². The number of hydrogen-bond donors (Lipinski definition) is 2. The first-order valence-electron chi connectivity index (χ1n) is 5.78. The van der Waals surface area contributed by atoms with E-state index < -0.39 is 0 Å². The van der Waals surface area contributed by atoms with Crippen molar-refractivity contribution in [3.8, 4) is 0 Å². The molecule has 1 atom stereocenters. The highest BCUT2D eigenvalue weighted by Gasteiger charge is 2.27. The highest BCUT2D eigenvalue weighted by Crippen LogP contribution is 2.13. The number of methoxy groups -OCH3 is 1. The first-order valence-corrected chi connectivity index (χ1v) is 5.78. The zero-order valence-corrected chi connectivity index (χ0v) is 10.2. The van der Waals surface area contributed by atoms with Crippen molar-refractivity contribution in [2.75, 3.05) is 25.6 Å². The smallest absolute Gasteiger partial charge is 0.229 e. The Bertz CT molecular complexity index is 443. The van der Waals surface area contributed by atoms with Crippen LogP contribution >= 0.6 is 0 Å². The van der Waals surface area contributed by atoms with Crippen LogP contribution in [0.2, 0.25) is 0 Å². The van der Waals surface area contributed by atoms with Crippen LogP contribution in [0.4, 0.5) is 5.69 Å². The SMILES string of the molecule is COCCn1cc(NC(=O)C2CNC(=O)C2)cn1. The zero-order chi connectivity index (χ0) is 13.0. The van der Waals surface area contributed by atoms with Gasteiger partial charge in [0.15, 0.2) is 0 Å².